The summed E-state index contributed by atoms with van der Waals surface area (Å²) in [4.78, 5) is 15.6. The number of carbonyl (C=O) groups is 1. The Morgan fingerprint density at radius 3 is 2.48 bits per heavy atom. The van der Waals surface area contributed by atoms with Gasteiger partial charge < -0.3 is 5.32 Å². The number of carbonyl (C=O) groups excluding carboxylic acids is 1. The van der Waals surface area contributed by atoms with E-state index in [1.807, 2.05) is 0 Å². The molecule has 9 heteroatoms. The van der Waals surface area contributed by atoms with Crippen molar-refractivity contribution < 1.29 is 18.0 Å². The summed E-state index contributed by atoms with van der Waals surface area (Å²) >= 11 is 17.3. The topological polar surface area (TPSA) is 42.0 Å². The molecule has 0 aliphatic heterocycles. The molecule has 1 heterocycles. The number of halogens is 6. The van der Waals surface area contributed by atoms with Crippen molar-refractivity contribution in [2.24, 2.45) is 0 Å². The van der Waals surface area contributed by atoms with Gasteiger partial charge in [-0.1, -0.05) is 40.9 Å². The molecule has 0 bridgehead atoms. The predicted molar refractivity (Wildman–Crippen MR) is 81.9 cm³/mol. The molecule has 0 aliphatic rings. The van der Waals surface area contributed by atoms with Crippen LogP contribution in [0.15, 0.2) is 30.5 Å². The van der Waals surface area contributed by atoms with Crippen LogP contribution in [0.4, 0.5) is 13.2 Å². The summed E-state index contributed by atoms with van der Waals surface area (Å²) in [6.45, 7) is -0.0860. The molecular formula is C14H8Cl3F3N2O. The summed E-state index contributed by atoms with van der Waals surface area (Å²) in [5.41, 5.74) is -1.39. The summed E-state index contributed by atoms with van der Waals surface area (Å²) in [6.07, 6.45) is -3.84. The second-order valence-corrected chi connectivity index (χ2v) is 5.64. The van der Waals surface area contributed by atoms with Crippen molar-refractivity contribution in [2.75, 3.05) is 0 Å². The molecule has 0 atom stereocenters. The zero-order valence-corrected chi connectivity index (χ0v) is 13.5. The smallest absolute Gasteiger partial charge is 0.348 e. The standard InChI is InChI=1S/C14H8Cl3F3N2O/c15-8-2-1-7(10(16)5-8)6-22-13(23)11-9(14(18,19)20)3-4-21-12(11)17/h1-5H,6H2,(H,22,23). The predicted octanol–water partition coefficient (Wildman–Crippen LogP) is 4.99. The highest BCUT2D eigenvalue weighted by Gasteiger charge is 2.36. The number of rotatable bonds is 3. The number of amides is 1. The van der Waals surface area contributed by atoms with Crippen LogP contribution >= 0.6 is 34.8 Å². The summed E-state index contributed by atoms with van der Waals surface area (Å²) in [5, 5.41) is 2.50. The molecular weight excluding hydrogens is 376 g/mol. The van der Waals surface area contributed by atoms with E-state index in [1.54, 1.807) is 12.1 Å². The zero-order valence-electron chi connectivity index (χ0n) is 11.2. The Kier molecular flexibility index (Phi) is 5.39. The first-order chi connectivity index (χ1) is 10.7. The van der Waals surface area contributed by atoms with Crippen molar-refractivity contribution in [1.82, 2.24) is 10.3 Å². The minimum Gasteiger partial charge on any atom is -0.348 e. The van der Waals surface area contributed by atoms with Crippen molar-refractivity contribution in [3.63, 3.8) is 0 Å². The molecule has 2 rings (SSSR count). The molecule has 0 unspecified atom stereocenters. The fourth-order valence-electron chi connectivity index (χ4n) is 1.82. The quantitative estimate of drug-likeness (QED) is 0.759. The van der Waals surface area contributed by atoms with Crippen molar-refractivity contribution in [3.05, 3.63) is 62.4 Å². The Balaban J connectivity index is 2.25. The van der Waals surface area contributed by atoms with Crippen molar-refractivity contribution in [1.29, 1.82) is 0 Å². The second kappa shape index (κ2) is 6.95. The van der Waals surface area contributed by atoms with Gasteiger partial charge in [0.1, 0.15) is 5.15 Å². The minimum atomic E-state index is -4.73. The van der Waals surface area contributed by atoms with E-state index in [-0.39, 0.29) is 11.6 Å². The van der Waals surface area contributed by atoms with Gasteiger partial charge in [-0.15, -0.1) is 0 Å². The van der Waals surface area contributed by atoms with Crippen LogP contribution in [-0.4, -0.2) is 10.9 Å². The lowest BCUT2D eigenvalue weighted by molar-refractivity contribution is -0.138. The van der Waals surface area contributed by atoms with E-state index < -0.39 is 28.4 Å². The largest absolute Gasteiger partial charge is 0.417 e. The van der Waals surface area contributed by atoms with Crippen LogP contribution < -0.4 is 5.32 Å². The van der Waals surface area contributed by atoms with Gasteiger partial charge in [0.05, 0.1) is 11.1 Å². The number of hydrogen-bond donors (Lipinski definition) is 1. The first-order valence-electron chi connectivity index (χ1n) is 6.14. The van der Waals surface area contributed by atoms with E-state index in [2.05, 4.69) is 10.3 Å². The lowest BCUT2D eigenvalue weighted by Crippen LogP contribution is -2.26. The number of hydrogen-bond acceptors (Lipinski definition) is 2. The number of nitrogens with one attached hydrogen (secondary N) is 1. The van der Waals surface area contributed by atoms with Crippen molar-refractivity contribution in [2.45, 2.75) is 12.7 Å². The average Bonchev–Trinajstić information content (AvgIpc) is 2.44. The molecule has 23 heavy (non-hydrogen) atoms. The highest BCUT2D eigenvalue weighted by molar-refractivity contribution is 6.35. The Morgan fingerprint density at radius 1 is 1.17 bits per heavy atom. The Bertz CT molecular complexity index is 751. The van der Waals surface area contributed by atoms with Crippen molar-refractivity contribution >= 4 is 40.7 Å². The lowest BCUT2D eigenvalue weighted by atomic mass is 10.1. The van der Waals surface area contributed by atoms with Gasteiger partial charge in [-0.2, -0.15) is 13.2 Å². The maximum atomic E-state index is 13.0. The van der Waals surface area contributed by atoms with Crippen LogP contribution in [0.25, 0.3) is 0 Å². The molecule has 0 saturated heterocycles. The van der Waals surface area contributed by atoms with Gasteiger partial charge in [0, 0.05) is 22.8 Å². The van der Waals surface area contributed by atoms with E-state index in [9.17, 15) is 18.0 Å². The summed E-state index contributed by atoms with van der Waals surface area (Å²) in [6, 6.07) is 5.26. The molecule has 122 valence electrons. The summed E-state index contributed by atoms with van der Waals surface area (Å²) in [5.74, 6) is -0.999. The van der Waals surface area contributed by atoms with E-state index in [0.29, 0.717) is 16.7 Å². The Morgan fingerprint density at radius 2 is 1.87 bits per heavy atom. The second-order valence-electron chi connectivity index (χ2n) is 4.44. The third-order valence-corrected chi connectivity index (χ3v) is 3.77. The molecule has 0 saturated carbocycles. The van der Waals surface area contributed by atoms with E-state index in [0.717, 1.165) is 6.20 Å². The van der Waals surface area contributed by atoms with E-state index in [4.69, 9.17) is 34.8 Å². The van der Waals surface area contributed by atoms with Crippen LogP contribution in [-0.2, 0) is 12.7 Å². The van der Waals surface area contributed by atoms with E-state index >= 15 is 0 Å². The van der Waals surface area contributed by atoms with E-state index in [1.165, 1.54) is 6.07 Å². The normalized spacial score (nSPS) is 11.4. The number of pyridine rings is 1. The molecule has 1 N–H and O–H groups in total. The fraction of sp³-hybridized carbons (Fsp3) is 0.143. The number of benzene rings is 1. The van der Waals surface area contributed by atoms with Crippen LogP contribution in [0.5, 0.6) is 0 Å². The Hall–Kier alpha value is -1.50. The van der Waals surface area contributed by atoms with Crippen LogP contribution in [0.1, 0.15) is 21.5 Å². The highest BCUT2D eigenvalue weighted by Crippen LogP contribution is 2.34. The molecule has 1 aromatic heterocycles. The molecule has 0 spiro atoms. The first kappa shape index (κ1) is 17.8. The lowest BCUT2D eigenvalue weighted by Gasteiger charge is -2.14. The van der Waals surface area contributed by atoms with Crippen molar-refractivity contribution in [3.8, 4) is 0 Å². The minimum absolute atomic E-state index is 0.0860. The fourth-order valence-corrected chi connectivity index (χ4v) is 2.54. The van der Waals surface area contributed by atoms with Gasteiger partial charge in [0.15, 0.2) is 0 Å². The monoisotopic (exact) mass is 382 g/mol. The Labute approximate surface area is 144 Å². The van der Waals surface area contributed by atoms with Gasteiger partial charge in [0.2, 0.25) is 0 Å². The van der Waals surface area contributed by atoms with Gasteiger partial charge >= 0.3 is 6.18 Å². The maximum absolute atomic E-state index is 13.0. The maximum Gasteiger partial charge on any atom is 0.417 e. The van der Waals surface area contributed by atoms with Crippen LogP contribution in [0.3, 0.4) is 0 Å². The van der Waals surface area contributed by atoms with Gasteiger partial charge in [-0.25, -0.2) is 4.98 Å². The van der Waals surface area contributed by atoms with Gasteiger partial charge in [0.25, 0.3) is 5.91 Å². The molecule has 0 radical (unpaired) electrons. The molecule has 3 nitrogen and oxygen atoms in total. The third kappa shape index (κ3) is 4.28. The van der Waals surface area contributed by atoms with Crippen LogP contribution in [0, 0.1) is 0 Å². The molecule has 0 aliphatic carbocycles. The number of aromatic nitrogens is 1. The highest BCUT2D eigenvalue weighted by atomic mass is 35.5. The van der Waals surface area contributed by atoms with Crippen LogP contribution in [0.2, 0.25) is 15.2 Å². The molecule has 2 aromatic rings. The molecule has 1 aromatic carbocycles. The average molecular weight is 384 g/mol. The van der Waals surface area contributed by atoms with Gasteiger partial charge in [-0.3, -0.25) is 4.79 Å². The first-order valence-corrected chi connectivity index (χ1v) is 7.27. The SMILES string of the molecule is O=C(NCc1ccc(Cl)cc1Cl)c1c(C(F)(F)F)ccnc1Cl. The number of nitrogens with zero attached hydrogens (tertiary/aromatic N) is 1. The molecule has 1 amide bonds. The summed E-state index contributed by atoms with van der Waals surface area (Å²) < 4.78 is 38.9. The molecule has 0 fully saturated rings. The zero-order chi connectivity index (χ0) is 17.2. The third-order valence-electron chi connectivity index (χ3n) is 2.89. The van der Waals surface area contributed by atoms with Gasteiger partial charge in [-0.05, 0) is 23.8 Å². The number of alkyl halides is 3. The summed E-state index contributed by atoms with van der Waals surface area (Å²) in [7, 11) is 0.